The fraction of sp³-hybridized carbons (Fsp3) is 0.864. The van der Waals surface area contributed by atoms with Crippen LogP contribution in [-0.2, 0) is 4.79 Å². The van der Waals surface area contributed by atoms with Gasteiger partial charge in [0.1, 0.15) is 0 Å². The molecule has 1 amide bonds. The molecule has 0 radical (unpaired) electrons. The van der Waals surface area contributed by atoms with E-state index < -0.39 is 0 Å². The molecular weight excluding hydrogens is 366 g/mol. The Morgan fingerprint density at radius 2 is 1.72 bits per heavy atom. The van der Waals surface area contributed by atoms with Gasteiger partial charge in [-0.05, 0) is 78.3 Å². The SMILES string of the molecule is Cc1noc(N2C3CCC2CC(N2CCC(C(=O)NC4(C)CCCC4)CC2)C3)n1. The van der Waals surface area contributed by atoms with Crippen molar-refractivity contribution in [3.8, 4) is 0 Å². The van der Waals surface area contributed by atoms with Gasteiger partial charge in [0.05, 0.1) is 0 Å². The molecule has 2 atom stereocenters. The fourth-order valence-electron chi connectivity index (χ4n) is 6.36. The number of hydrogen-bond acceptors (Lipinski definition) is 6. The Labute approximate surface area is 173 Å². The van der Waals surface area contributed by atoms with Crippen molar-refractivity contribution in [2.24, 2.45) is 5.92 Å². The lowest BCUT2D eigenvalue weighted by Crippen LogP contribution is -2.54. The number of amides is 1. The standard InChI is InChI=1S/C22H35N5O2/c1-15-23-21(29-25-15)27-17-5-6-18(27)14-19(13-17)26-11-7-16(8-12-26)20(28)24-22(2)9-3-4-10-22/h16-19H,3-14H2,1-2H3,(H,24,28). The van der Waals surface area contributed by atoms with Crippen LogP contribution >= 0.6 is 0 Å². The van der Waals surface area contributed by atoms with Crippen LogP contribution in [0.3, 0.4) is 0 Å². The van der Waals surface area contributed by atoms with Gasteiger partial charge >= 0.3 is 6.01 Å². The number of carbonyl (C=O) groups excluding carboxylic acids is 1. The van der Waals surface area contributed by atoms with Crippen molar-refractivity contribution in [2.45, 2.75) is 102 Å². The van der Waals surface area contributed by atoms with Crippen molar-refractivity contribution >= 4 is 11.9 Å². The second kappa shape index (κ2) is 7.56. The van der Waals surface area contributed by atoms with Crippen LogP contribution in [0.15, 0.2) is 4.52 Å². The van der Waals surface area contributed by atoms with Crippen LogP contribution in [0.5, 0.6) is 0 Å². The van der Waals surface area contributed by atoms with Crippen LogP contribution in [0.4, 0.5) is 6.01 Å². The van der Waals surface area contributed by atoms with Crippen molar-refractivity contribution in [1.82, 2.24) is 20.4 Å². The summed E-state index contributed by atoms with van der Waals surface area (Å²) in [5.41, 5.74) is 0.0489. The summed E-state index contributed by atoms with van der Waals surface area (Å²) in [5, 5.41) is 7.37. The lowest BCUT2D eigenvalue weighted by Gasteiger charge is -2.44. The fourth-order valence-corrected chi connectivity index (χ4v) is 6.36. The Balaban J connectivity index is 1.15. The Bertz CT molecular complexity index is 721. The van der Waals surface area contributed by atoms with Gasteiger partial charge in [0.15, 0.2) is 5.82 Å². The molecule has 4 heterocycles. The largest absolute Gasteiger partial charge is 0.351 e. The first kappa shape index (κ1) is 19.3. The molecule has 1 N–H and O–H groups in total. The van der Waals surface area contributed by atoms with E-state index in [0.717, 1.165) is 38.8 Å². The minimum Gasteiger partial charge on any atom is -0.351 e. The molecular formula is C22H35N5O2. The van der Waals surface area contributed by atoms with Crippen LogP contribution in [0.2, 0.25) is 0 Å². The third kappa shape index (κ3) is 3.78. The molecule has 4 aliphatic rings. The van der Waals surface area contributed by atoms with Gasteiger partial charge in [0.2, 0.25) is 5.91 Å². The third-order valence-electron chi connectivity index (χ3n) is 7.99. The molecule has 3 aliphatic heterocycles. The number of likely N-dealkylation sites (tertiary alicyclic amines) is 1. The zero-order chi connectivity index (χ0) is 20.0. The highest BCUT2D eigenvalue weighted by Gasteiger charge is 2.45. The van der Waals surface area contributed by atoms with Gasteiger partial charge in [-0.15, -0.1) is 0 Å². The highest BCUT2D eigenvalue weighted by molar-refractivity contribution is 5.79. The molecule has 5 rings (SSSR count). The Morgan fingerprint density at radius 3 is 2.31 bits per heavy atom. The summed E-state index contributed by atoms with van der Waals surface area (Å²) in [7, 11) is 0. The molecule has 160 valence electrons. The molecule has 0 aromatic carbocycles. The maximum Gasteiger partial charge on any atom is 0.324 e. The summed E-state index contributed by atoms with van der Waals surface area (Å²) in [6, 6.07) is 2.37. The van der Waals surface area contributed by atoms with E-state index in [2.05, 4.69) is 32.2 Å². The van der Waals surface area contributed by atoms with Gasteiger partial charge in [-0.3, -0.25) is 4.79 Å². The first-order valence-corrected chi connectivity index (χ1v) is 11.7. The maximum atomic E-state index is 12.8. The summed E-state index contributed by atoms with van der Waals surface area (Å²) < 4.78 is 5.48. The molecule has 1 saturated carbocycles. The predicted octanol–water partition coefficient (Wildman–Crippen LogP) is 3.04. The molecule has 29 heavy (non-hydrogen) atoms. The number of nitrogens with zero attached hydrogens (tertiary/aromatic N) is 4. The number of rotatable bonds is 4. The van der Waals surface area contributed by atoms with Gasteiger partial charge in [-0.25, -0.2) is 0 Å². The first-order valence-electron chi connectivity index (χ1n) is 11.7. The van der Waals surface area contributed by atoms with Crippen LogP contribution in [0.1, 0.15) is 77.0 Å². The minimum atomic E-state index is 0.0489. The number of nitrogens with one attached hydrogen (secondary N) is 1. The number of fused-ring (bicyclic) bond motifs is 2. The second-order valence-corrected chi connectivity index (χ2v) is 10.1. The maximum absolute atomic E-state index is 12.8. The predicted molar refractivity (Wildman–Crippen MR) is 111 cm³/mol. The third-order valence-corrected chi connectivity index (χ3v) is 7.99. The molecule has 0 spiro atoms. The summed E-state index contributed by atoms with van der Waals surface area (Å²) in [6.45, 7) is 6.22. The molecule has 1 aromatic heterocycles. The van der Waals surface area contributed by atoms with Crippen LogP contribution in [-0.4, -0.2) is 57.7 Å². The van der Waals surface area contributed by atoms with Crippen molar-refractivity contribution in [3.63, 3.8) is 0 Å². The van der Waals surface area contributed by atoms with Crippen molar-refractivity contribution in [3.05, 3.63) is 5.82 Å². The van der Waals surface area contributed by atoms with Crippen LogP contribution in [0.25, 0.3) is 0 Å². The second-order valence-electron chi connectivity index (χ2n) is 10.1. The monoisotopic (exact) mass is 401 g/mol. The Kier molecular flexibility index (Phi) is 5.04. The van der Waals surface area contributed by atoms with Gasteiger partial charge < -0.3 is 19.6 Å². The van der Waals surface area contributed by atoms with Crippen molar-refractivity contribution in [1.29, 1.82) is 0 Å². The molecule has 3 saturated heterocycles. The smallest absolute Gasteiger partial charge is 0.324 e. The molecule has 7 nitrogen and oxygen atoms in total. The highest BCUT2D eigenvalue weighted by atomic mass is 16.5. The molecule has 7 heteroatoms. The number of anilines is 1. The van der Waals surface area contributed by atoms with E-state index in [-0.39, 0.29) is 11.5 Å². The topological polar surface area (TPSA) is 74.5 Å². The van der Waals surface area contributed by atoms with Gasteiger partial charge in [0, 0.05) is 29.6 Å². The minimum absolute atomic E-state index is 0.0489. The summed E-state index contributed by atoms with van der Waals surface area (Å²) in [6.07, 6.45) is 11.6. The van der Waals surface area contributed by atoms with E-state index >= 15 is 0 Å². The number of hydrogen-bond donors (Lipinski definition) is 1. The zero-order valence-corrected chi connectivity index (χ0v) is 17.9. The number of aromatic nitrogens is 2. The van der Waals surface area contributed by atoms with Crippen molar-refractivity contribution in [2.75, 3.05) is 18.0 Å². The van der Waals surface area contributed by atoms with Crippen molar-refractivity contribution < 1.29 is 9.32 Å². The normalized spacial score (nSPS) is 32.6. The number of aryl methyl sites for hydroxylation is 1. The van der Waals surface area contributed by atoms with E-state index in [9.17, 15) is 4.79 Å². The summed E-state index contributed by atoms with van der Waals surface area (Å²) in [5.74, 6) is 1.21. The molecule has 1 aromatic rings. The summed E-state index contributed by atoms with van der Waals surface area (Å²) >= 11 is 0. The molecule has 4 fully saturated rings. The Hall–Kier alpha value is -1.63. The lowest BCUT2D eigenvalue weighted by atomic mass is 9.89. The quantitative estimate of drug-likeness (QED) is 0.836. The average Bonchev–Trinajstić information content (AvgIpc) is 3.39. The molecule has 2 bridgehead atoms. The molecule has 2 unspecified atom stereocenters. The van der Waals surface area contributed by atoms with Crippen LogP contribution < -0.4 is 10.2 Å². The van der Waals surface area contributed by atoms with Gasteiger partial charge in [-0.2, -0.15) is 4.98 Å². The lowest BCUT2D eigenvalue weighted by molar-refractivity contribution is -0.128. The zero-order valence-electron chi connectivity index (χ0n) is 17.9. The number of piperidine rings is 2. The first-order chi connectivity index (χ1) is 14.0. The molecule has 1 aliphatic carbocycles. The van der Waals surface area contributed by atoms with E-state index in [1.807, 2.05) is 6.92 Å². The summed E-state index contributed by atoms with van der Waals surface area (Å²) in [4.78, 5) is 22.3. The highest BCUT2D eigenvalue weighted by Crippen LogP contribution is 2.41. The van der Waals surface area contributed by atoms with E-state index in [0.29, 0.717) is 35.9 Å². The number of carbonyl (C=O) groups is 1. The average molecular weight is 402 g/mol. The van der Waals surface area contributed by atoms with E-state index in [1.54, 1.807) is 0 Å². The van der Waals surface area contributed by atoms with Gasteiger partial charge in [0.25, 0.3) is 0 Å². The Morgan fingerprint density at radius 1 is 1.07 bits per heavy atom. The van der Waals surface area contributed by atoms with E-state index in [1.165, 1.54) is 38.5 Å². The van der Waals surface area contributed by atoms with Crippen LogP contribution in [0, 0.1) is 12.8 Å². The van der Waals surface area contributed by atoms with Gasteiger partial charge in [-0.1, -0.05) is 18.0 Å². The van der Waals surface area contributed by atoms with E-state index in [4.69, 9.17) is 4.52 Å².